The molecular formula is C13H10FN5O. The monoisotopic (exact) mass is 271 g/mol. The van der Waals surface area contributed by atoms with Crippen LogP contribution in [0.4, 0.5) is 10.2 Å². The van der Waals surface area contributed by atoms with Gasteiger partial charge in [-0.05, 0) is 13.0 Å². The normalized spacial score (nSPS) is 10.9. The summed E-state index contributed by atoms with van der Waals surface area (Å²) in [7, 11) is 0. The van der Waals surface area contributed by atoms with Gasteiger partial charge >= 0.3 is 0 Å². The molecule has 0 spiro atoms. The summed E-state index contributed by atoms with van der Waals surface area (Å²) in [5.41, 5.74) is 7.51. The largest absolute Gasteiger partial charge is 0.384 e. The van der Waals surface area contributed by atoms with Crippen molar-refractivity contribution < 1.29 is 9.18 Å². The Morgan fingerprint density at radius 3 is 2.80 bits per heavy atom. The Morgan fingerprint density at radius 2 is 2.10 bits per heavy atom. The van der Waals surface area contributed by atoms with Gasteiger partial charge in [-0.3, -0.25) is 9.78 Å². The second-order valence-electron chi connectivity index (χ2n) is 4.31. The van der Waals surface area contributed by atoms with Gasteiger partial charge in [-0.1, -0.05) is 0 Å². The molecule has 0 saturated heterocycles. The van der Waals surface area contributed by atoms with Gasteiger partial charge in [0.1, 0.15) is 11.6 Å². The zero-order chi connectivity index (χ0) is 14.3. The highest BCUT2D eigenvalue weighted by atomic mass is 19.1. The van der Waals surface area contributed by atoms with Crippen LogP contribution < -0.4 is 5.73 Å². The standard InChI is InChI=1S/C13H10FN5O/c1-7(20)10-6-17-19-12(15)3-11(18-13(10)19)8-2-9(14)5-16-4-8/h2-6H,15H2,1H3. The third-order valence-electron chi connectivity index (χ3n) is 2.88. The molecule has 0 atom stereocenters. The second kappa shape index (κ2) is 4.37. The molecule has 3 rings (SSSR count). The van der Waals surface area contributed by atoms with E-state index in [-0.39, 0.29) is 5.78 Å². The first-order chi connectivity index (χ1) is 9.56. The Morgan fingerprint density at radius 1 is 1.30 bits per heavy atom. The van der Waals surface area contributed by atoms with Gasteiger partial charge in [0.05, 0.1) is 23.7 Å². The Balaban J connectivity index is 2.27. The van der Waals surface area contributed by atoms with E-state index in [0.717, 1.165) is 6.20 Å². The fraction of sp³-hybridized carbons (Fsp3) is 0.0769. The molecule has 6 nitrogen and oxygen atoms in total. The minimum Gasteiger partial charge on any atom is -0.384 e. The van der Waals surface area contributed by atoms with Crippen LogP contribution in [-0.4, -0.2) is 25.4 Å². The first kappa shape index (κ1) is 12.2. The molecule has 0 radical (unpaired) electrons. The van der Waals surface area contributed by atoms with Crippen LogP contribution in [0.3, 0.4) is 0 Å². The number of nitrogens with two attached hydrogens (primary N) is 1. The number of carbonyl (C=O) groups is 1. The number of ketones is 1. The lowest BCUT2D eigenvalue weighted by Gasteiger charge is -2.05. The fourth-order valence-electron chi connectivity index (χ4n) is 1.93. The second-order valence-corrected chi connectivity index (χ2v) is 4.31. The third kappa shape index (κ3) is 1.89. The van der Waals surface area contributed by atoms with Crippen molar-refractivity contribution in [3.05, 3.63) is 42.1 Å². The topological polar surface area (TPSA) is 86.2 Å². The maximum absolute atomic E-state index is 13.2. The van der Waals surface area contributed by atoms with Crippen molar-refractivity contribution >= 4 is 17.2 Å². The number of nitrogen functional groups attached to an aromatic ring is 1. The van der Waals surface area contributed by atoms with Crippen molar-refractivity contribution in [3.8, 4) is 11.3 Å². The first-order valence-corrected chi connectivity index (χ1v) is 5.82. The number of rotatable bonds is 2. The van der Waals surface area contributed by atoms with Gasteiger partial charge < -0.3 is 5.73 Å². The van der Waals surface area contributed by atoms with Gasteiger partial charge in [-0.15, -0.1) is 0 Å². The summed E-state index contributed by atoms with van der Waals surface area (Å²) in [4.78, 5) is 19.6. The third-order valence-corrected chi connectivity index (χ3v) is 2.88. The molecule has 0 amide bonds. The van der Waals surface area contributed by atoms with Crippen molar-refractivity contribution in [2.75, 3.05) is 5.73 Å². The smallest absolute Gasteiger partial charge is 0.168 e. The Kier molecular flexibility index (Phi) is 2.67. The molecule has 0 bridgehead atoms. The number of Topliss-reactive ketones (excluding diaryl/α,β-unsaturated/α-hetero) is 1. The van der Waals surface area contributed by atoms with Crippen molar-refractivity contribution in [2.45, 2.75) is 6.92 Å². The van der Waals surface area contributed by atoms with Crippen molar-refractivity contribution in [1.82, 2.24) is 19.6 Å². The van der Waals surface area contributed by atoms with Crippen LogP contribution in [-0.2, 0) is 0 Å². The van der Waals surface area contributed by atoms with Crippen molar-refractivity contribution in [1.29, 1.82) is 0 Å². The van der Waals surface area contributed by atoms with Crippen LogP contribution in [0.2, 0.25) is 0 Å². The Bertz CT molecular complexity index is 827. The molecule has 0 unspecified atom stereocenters. The molecule has 0 aliphatic heterocycles. The molecule has 20 heavy (non-hydrogen) atoms. The van der Waals surface area contributed by atoms with Gasteiger partial charge in [-0.2, -0.15) is 9.61 Å². The highest BCUT2D eigenvalue weighted by Gasteiger charge is 2.14. The number of nitrogens with zero attached hydrogens (tertiary/aromatic N) is 4. The molecule has 0 fully saturated rings. The molecule has 0 aliphatic carbocycles. The Hall–Kier alpha value is -2.83. The highest BCUT2D eigenvalue weighted by molar-refractivity contribution is 6.00. The maximum Gasteiger partial charge on any atom is 0.168 e. The summed E-state index contributed by atoms with van der Waals surface area (Å²) in [6.45, 7) is 1.42. The molecule has 0 aromatic carbocycles. The minimum atomic E-state index is -0.469. The van der Waals surface area contributed by atoms with E-state index in [1.165, 1.54) is 29.9 Å². The van der Waals surface area contributed by atoms with Crippen LogP contribution >= 0.6 is 0 Å². The van der Waals surface area contributed by atoms with Crippen LogP contribution in [0, 0.1) is 5.82 Å². The molecule has 7 heteroatoms. The summed E-state index contributed by atoms with van der Waals surface area (Å²) in [5.74, 6) is -0.328. The molecule has 0 aliphatic rings. The number of hydrogen-bond acceptors (Lipinski definition) is 5. The lowest BCUT2D eigenvalue weighted by atomic mass is 10.2. The number of carbonyl (C=O) groups excluding carboxylic acids is 1. The number of pyridine rings is 1. The van der Waals surface area contributed by atoms with Gasteiger partial charge in [0, 0.05) is 17.8 Å². The van der Waals surface area contributed by atoms with E-state index < -0.39 is 5.82 Å². The number of halogens is 1. The molecule has 0 saturated carbocycles. The lowest BCUT2D eigenvalue weighted by Crippen LogP contribution is -2.03. The van der Waals surface area contributed by atoms with E-state index in [9.17, 15) is 9.18 Å². The predicted octanol–water partition coefficient (Wildman–Crippen LogP) is 1.72. The highest BCUT2D eigenvalue weighted by Crippen LogP contribution is 2.22. The van der Waals surface area contributed by atoms with Gasteiger partial charge in [0.25, 0.3) is 0 Å². The number of hydrogen-bond donors (Lipinski definition) is 1. The zero-order valence-corrected chi connectivity index (χ0v) is 10.5. The molecule has 100 valence electrons. The first-order valence-electron chi connectivity index (χ1n) is 5.82. The van der Waals surface area contributed by atoms with E-state index >= 15 is 0 Å². The molecule has 2 N–H and O–H groups in total. The average Bonchev–Trinajstić information content (AvgIpc) is 2.83. The van der Waals surface area contributed by atoms with E-state index in [0.29, 0.717) is 28.3 Å². The number of fused-ring (bicyclic) bond motifs is 1. The van der Waals surface area contributed by atoms with Gasteiger partial charge in [0.2, 0.25) is 0 Å². The predicted molar refractivity (Wildman–Crippen MR) is 70.6 cm³/mol. The quantitative estimate of drug-likeness (QED) is 0.717. The zero-order valence-electron chi connectivity index (χ0n) is 10.5. The average molecular weight is 271 g/mol. The molecule has 3 aromatic rings. The number of anilines is 1. The van der Waals surface area contributed by atoms with Crippen molar-refractivity contribution in [2.24, 2.45) is 0 Å². The van der Waals surface area contributed by atoms with Gasteiger partial charge in [-0.25, -0.2) is 9.37 Å². The Labute approximate surface area is 113 Å². The molecule has 3 aromatic heterocycles. The van der Waals surface area contributed by atoms with E-state index in [1.54, 1.807) is 6.07 Å². The summed E-state index contributed by atoms with van der Waals surface area (Å²) in [5, 5.41) is 4.01. The van der Waals surface area contributed by atoms with Crippen molar-refractivity contribution in [3.63, 3.8) is 0 Å². The van der Waals surface area contributed by atoms with Crippen LogP contribution in [0.5, 0.6) is 0 Å². The minimum absolute atomic E-state index is 0.165. The number of aromatic nitrogens is 4. The van der Waals surface area contributed by atoms with E-state index in [2.05, 4.69) is 15.1 Å². The molecule has 3 heterocycles. The van der Waals surface area contributed by atoms with Crippen LogP contribution in [0.15, 0.2) is 30.7 Å². The van der Waals surface area contributed by atoms with Crippen LogP contribution in [0.25, 0.3) is 16.9 Å². The van der Waals surface area contributed by atoms with Gasteiger partial charge in [0.15, 0.2) is 11.4 Å². The SMILES string of the molecule is CC(=O)c1cnn2c(N)cc(-c3cncc(F)c3)nc12. The maximum atomic E-state index is 13.2. The van der Waals surface area contributed by atoms with Crippen LogP contribution in [0.1, 0.15) is 17.3 Å². The molecular weight excluding hydrogens is 261 g/mol. The summed E-state index contributed by atoms with van der Waals surface area (Å²) in [6.07, 6.45) is 3.99. The van der Waals surface area contributed by atoms with E-state index in [4.69, 9.17) is 5.73 Å². The van der Waals surface area contributed by atoms with E-state index in [1.807, 2.05) is 0 Å². The fourth-order valence-corrected chi connectivity index (χ4v) is 1.93. The lowest BCUT2D eigenvalue weighted by molar-refractivity contribution is 0.101. The summed E-state index contributed by atoms with van der Waals surface area (Å²) in [6, 6.07) is 2.86. The summed E-state index contributed by atoms with van der Waals surface area (Å²) >= 11 is 0. The summed E-state index contributed by atoms with van der Waals surface area (Å²) < 4.78 is 14.6.